The molecule has 0 radical (unpaired) electrons. The fourth-order valence-corrected chi connectivity index (χ4v) is 10.9. The summed E-state index contributed by atoms with van der Waals surface area (Å²) >= 11 is 0. The average molecular weight is 412 g/mol. The Morgan fingerprint density at radius 2 is 1.79 bits per heavy atom. The van der Waals surface area contributed by atoms with Crippen molar-refractivity contribution in [3.8, 4) is 0 Å². The lowest BCUT2D eigenvalue weighted by molar-refractivity contribution is 0.205. The molecule has 0 saturated carbocycles. The molecular formula is C23H26FN3OS. The molecule has 0 aliphatic carbocycles. The summed E-state index contributed by atoms with van der Waals surface area (Å²) < 4.78 is 22.5. The van der Waals surface area contributed by atoms with Gasteiger partial charge < -0.3 is 10.1 Å². The van der Waals surface area contributed by atoms with Gasteiger partial charge >= 0.3 is 0 Å². The summed E-state index contributed by atoms with van der Waals surface area (Å²) in [7, 11) is -2.84. The van der Waals surface area contributed by atoms with Crippen LogP contribution < -0.4 is 5.32 Å². The Morgan fingerprint density at radius 3 is 2.55 bits per heavy atom. The number of amidine groups is 1. The lowest BCUT2D eigenvalue weighted by atomic mass is 9.91. The monoisotopic (exact) mass is 411 g/mol. The SMILES string of the molecule is Fc1ccc([SH]23(C=C2)c2ccccc2CCN3C2=NC3(CCNCC3)CO2)cc1. The van der Waals surface area contributed by atoms with E-state index in [1.54, 1.807) is 12.1 Å². The molecule has 0 amide bonds. The first-order valence-corrected chi connectivity index (χ1v) is 12.8. The van der Waals surface area contributed by atoms with Crippen molar-refractivity contribution in [1.82, 2.24) is 9.62 Å². The second-order valence-electron chi connectivity index (χ2n) is 8.64. The first kappa shape index (κ1) is 17.5. The zero-order valence-electron chi connectivity index (χ0n) is 16.4. The van der Waals surface area contributed by atoms with Crippen LogP contribution >= 0.6 is 9.35 Å². The minimum atomic E-state index is -2.84. The van der Waals surface area contributed by atoms with E-state index in [4.69, 9.17) is 9.73 Å². The Morgan fingerprint density at radius 1 is 1.03 bits per heavy atom. The number of piperidine rings is 1. The van der Waals surface area contributed by atoms with Gasteiger partial charge in [-0.2, -0.15) is 9.35 Å². The van der Waals surface area contributed by atoms with E-state index in [1.807, 2.05) is 12.1 Å². The van der Waals surface area contributed by atoms with Gasteiger partial charge in [0.2, 0.25) is 0 Å². The van der Waals surface area contributed by atoms with Gasteiger partial charge in [0.1, 0.15) is 18.0 Å². The van der Waals surface area contributed by atoms with Crippen LogP contribution in [0.5, 0.6) is 0 Å². The molecule has 0 bridgehead atoms. The largest absolute Gasteiger partial charge is 0.462 e. The van der Waals surface area contributed by atoms with Crippen LogP contribution in [0.4, 0.5) is 4.39 Å². The fraction of sp³-hybridized carbons (Fsp3) is 0.348. The predicted molar refractivity (Wildman–Crippen MR) is 116 cm³/mol. The van der Waals surface area contributed by atoms with Gasteiger partial charge in [-0.25, -0.2) is 9.38 Å². The van der Waals surface area contributed by atoms with Gasteiger partial charge in [-0.05, 0) is 84.0 Å². The summed E-state index contributed by atoms with van der Waals surface area (Å²) in [6, 6.07) is 16.6. The number of aliphatic imine (C=N–C) groups is 1. The minimum absolute atomic E-state index is 0.0926. The van der Waals surface area contributed by atoms with Crippen LogP contribution in [-0.2, 0) is 11.2 Å². The van der Waals surface area contributed by atoms with Crippen molar-refractivity contribution in [3.63, 3.8) is 0 Å². The maximum atomic E-state index is 13.8. The summed E-state index contributed by atoms with van der Waals surface area (Å²) in [4.78, 5) is 7.72. The molecular weight excluding hydrogens is 385 g/mol. The molecule has 0 atom stereocenters. The first-order valence-electron chi connectivity index (χ1n) is 10.4. The number of ether oxygens (including phenoxy) is 1. The molecule has 1 fully saturated rings. The molecule has 2 aromatic rings. The number of hydrogen-bond donors (Lipinski definition) is 2. The molecule has 2 spiro atoms. The van der Waals surface area contributed by atoms with Gasteiger partial charge in [0, 0.05) is 11.4 Å². The maximum Gasteiger partial charge on any atom is 0.296 e. The summed E-state index contributed by atoms with van der Waals surface area (Å²) in [5.41, 5.74) is 1.29. The van der Waals surface area contributed by atoms with Gasteiger partial charge in [-0.15, -0.1) is 0 Å². The highest BCUT2D eigenvalue weighted by atomic mass is 32.3. The van der Waals surface area contributed by atoms with Gasteiger partial charge in [0.15, 0.2) is 0 Å². The van der Waals surface area contributed by atoms with Crippen molar-refractivity contribution in [2.45, 2.75) is 34.6 Å². The Hall–Kier alpha value is -2.31. The average Bonchev–Trinajstić information content (AvgIpc) is 3.39. The molecule has 4 aliphatic rings. The smallest absolute Gasteiger partial charge is 0.296 e. The second-order valence-corrected chi connectivity index (χ2v) is 13.1. The number of nitrogens with one attached hydrogen (secondary N) is 1. The molecule has 4 heterocycles. The Kier molecular flexibility index (Phi) is 3.55. The highest BCUT2D eigenvalue weighted by molar-refractivity contribution is 8.57. The molecule has 1 saturated heterocycles. The molecule has 29 heavy (non-hydrogen) atoms. The van der Waals surface area contributed by atoms with Crippen LogP contribution in [0.25, 0.3) is 0 Å². The van der Waals surface area contributed by atoms with Crippen molar-refractivity contribution in [3.05, 3.63) is 70.7 Å². The fourth-order valence-electron chi connectivity index (χ4n) is 5.40. The zero-order chi connectivity index (χ0) is 19.6. The number of hydrogen-bond acceptors (Lipinski definition) is 4. The summed E-state index contributed by atoms with van der Waals surface area (Å²) in [6.07, 6.45) is 3.00. The van der Waals surface area contributed by atoms with E-state index in [2.05, 4.69) is 44.7 Å². The molecule has 4 nitrogen and oxygen atoms in total. The maximum absolute atomic E-state index is 13.8. The molecule has 0 unspecified atom stereocenters. The molecule has 6 heteroatoms. The van der Waals surface area contributed by atoms with Crippen LogP contribution in [0.15, 0.2) is 74.1 Å². The summed E-state index contributed by atoms with van der Waals surface area (Å²) in [5.74, 6) is -0.202. The van der Waals surface area contributed by atoms with E-state index in [0.717, 1.165) is 44.9 Å². The topological polar surface area (TPSA) is 36.9 Å². The second kappa shape index (κ2) is 5.86. The van der Waals surface area contributed by atoms with Gasteiger partial charge in [-0.3, -0.25) is 4.31 Å². The van der Waals surface area contributed by atoms with Gasteiger partial charge in [-0.1, -0.05) is 18.2 Å². The van der Waals surface area contributed by atoms with Gasteiger partial charge in [0.25, 0.3) is 6.02 Å². The van der Waals surface area contributed by atoms with E-state index in [9.17, 15) is 4.39 Å². The Balaban J connectivity index is 1.52. The van der Waals surface area contributed by atoms with Crippen LogP contribution in [0.1, 0.15) is 18.4 Å². The number of benzene rings is 2. The number of halogens is 1. The van der Waals surface area contributed by atoms with Crippen LogP contribution in [0, 0.1) is 5.82 Å². The minimum Gasteiger partial charge on any atom is -0.462 e. The van der Waals surface area contributed by atoms with E-state index in [1.165, 1.54) is 15.4 Å². The van der Waals surface area contributed by atoms with Crippen molar-refractivity contribution in [2.75, 3.05) is 26.2 Å². The van der Waals surface area contributed by atoms with Crippen LogP contribution in [-0.4, -0.2) is 42.1 Å². The third kappa shape index (κ3) is 2.27. The van der Waals surface area contributed by atoms with E-state index in [-0.39, 0.29) is 11.4 Å². The van der Waals surface area contributed by atoms with Gasteiger partial charge in [0.05, 0.1) is 0 Å². The van der Waals surface area contributed by atoms with Crippen LogP contribution in [0.2, 0.25) is 0 Å². The van der Waals surface area contributed by atoms with Crippen molar-refractivity contribution < 1.29 is 9.13 Å². The molecule has 2 aromatic carbocycles. The highest BCUT2D eigenvalue weighted by Gasteiger charge is 2.58. The molecule has 6 rings (SSSR count). The van der Waals surface area contributed by atoms with Crippen molar-refractivity contribution in [2.24, 2.45) is 4.99 Å². The van der Waals surface area contributed by atoms with Crippen LogP contribution in [0.3, 0.4) is 0 Å². The third-order valence-electron chi connectivity index (χ3n) is 7.12. The Bertz CT molecular complexity index is 1040. The Labute approximate surface area is 170 Å². The normalized spacial score (nSPS) is 26.3. The summed E-state index contributed by atoms with van der Waals surface area (Å²) in [5, 5.41) is 8.15. The number of rotatable bonds is 1. The molecule has 152 valence electrons. The highest BCUT2D eigenvalue weighted by Crippen LogP contribution is 2.95. The van der Waals surface area contributed by atoms with E-state index < -0.39 is 9.35 Å². The first-order chi connectivity index (χ1) is 14.1. The quantitative estimate of drug-likeness (QED) is 0.695. The van der Waals surface area contributed by atoms with E-state index in [0.29, 0.717) is 6.61 Å². The third-order valence-corrected chi connectivity index (χ3v) is 12.5. The van der Waals surface area contributed by atoms with Crippen molar-refractivity contribution in [1.29, 1.82) is 0 Å². The molecule has 0 aromatic heterocycles. The molecule has 1 N–H and O–H groups in total. The number of thiol groups is 1. The standard InChI is InChI=1S/C23H26FN3OS/c24-19-5-7-20(8-6-19)29(15-16-29)21-4-2-1-3-18(21)9-14-27(29)22-26-23(17-28-22)10-12-25-13-11-23/h1-8,15-16,25,29H,9-14,17H2. The molecule has 4 aliphatic heterocycles. The number of nitrogens with zero attached hydrogens (tertiary/aromatic N) is 2. The zero-order valence-corrected chi connectivity index (χ0v) is 17.2. The van der Waals surface area contributed by atoms with E-state index >= 15 is 0 Å². The number of fused-ring (bicyclic) bond motifs is 2. The lowest BCUT2D eigenvalue weighted by Gasteiger charge is -2.59. The summed E-state index contributed by atoms with van der Waals surface area (Å²) in [6.45, 7) is 3.51. The van der Waals surface area contributed by atoms with Crippen molar-refractivity contribution >= 4 is 15.4 Å². The predicted octanol–water partition coefficient (Wildman–Crippen LogP) is 4.08. The lowest BCUT2D eigenvalue weighted by Crippen LogP contribution is -2.42.